The van der Waals surface area contributed by atoms with Gasteiger partial charge in [-0.1, -0.05) is 24.4 Å². The number of benzene rings is 1. The maximum absolute atomic E-state index is 5.98. The number of H-pyrrole nitrogens is 1. The summed E-state index contributed by atoms with van der Waals surface area (Å²) in [4.78, 5) is 8.08. The van der Waals surface area contributed by atoms with E-state index in [2.05, 4.69) is 9.97 Å². The summed E-state index contributed by atoms with van der Waals surface area (Å²) in [6.07, 6.45) is 4.76. The Morgan fingerprint density at radius 2 is 2.12 bits per heavy atom. The van der Waals surface area contributed by atoms with Gasteiger partial charge in [0.05, 0.1) is 11.0 Å². The molecule has 17 heavy (non-hydrogen) atoms. The van der Waals surface area contributed by atoms with Crippen LogP contribution in [0.25, 0.3) is 11.0 Å². The first-order valence-electron chi connectivity index (χ1n) is 6.09. The highest BCUT2D eigenvalue weighted by Crippen LogP contribution is 2.39. The predicted octanol–water partition coefficient (Wildman–Crippen LogP) is 2.99. The molecule has 0 aliphatic heterocycles. The molecule has 0 bridgehead atoms. The topological polar surface area (TPSA) is 54.7 Å². The first kappa shape index (κ1) is 11.1. The van der Waals surface area contributed by atoms with Crippen LogP contribution in [0.4, 0.5) is 0 Å². The Morgan fingerprint density at radius 3 is 2.82 bits per heavy atom. The van der Waals surface area contributed by atoms with Gasteiger partial charge in [-0.25, -0.2) is 4.98 Å². The maximum atomic E-state index is 5.98. The van der Waals surface area contributed by atoms with E-state index in [-0.39, 0.29) is 5.41 Å². The van der Waals surface area contributed by atoms with Gasteiger partial charge in [-0.2, -0.15) is 0 Å². The highest BCUT2D eigenvalue weighted by atomic mass is 35.5. The lowest BCUT2D eigenvalue weighted by molar-refractivity contribution is 0.430. The molecule has 3 N–H and O–H groups in total. The third-order valence-electron chi connectivity index (χ3n) is 3.90. The lowest BCUT2D eigenvalue weighted by Crippen LogP contribution is -2.33. The van der Waals surface area contributed by atoms with Crippen molar-refractivity contribution in [3.63, 3.8) is 0 Å². The molecule has 0 spiro atoms. The van der Waals surface area contributed by atoms with Crippen molar-refractivity contribution < 1.29 is 0 Å². The molecule has 0 radical (unpaired) electrons. The number of nitrogens with zero attached hydrogens (tertiary/aromatic N) is 1. The third-order valence-corrected chi connectivity index (χ3v) is 4.13. The Morgan fingerprint density at radius 1 is 1.35 bits per heavy atom. The van der Waals surface area contributed by atoms with E-state index in [1.165, 1.54) is 12.8 Å². The number of hydrogen-bond acceptors (Lipinski definition) is 2. The lowest BCUT2D eigenvalue weighted by atomic mass is 9.85. The molecule has 0 saturated heterocycles. The summed E-state index contributed by atoms with van der Waals surface area (Å²) >= 11 is 5.98. The molecule has 0 amide bonds. The standard InChI is InChI=1S/C13H16ClN3/c14-9-3-4-10-11(7-9)17-12(16-10)13(8-15)5-1-2-6-13/h3-4,7H,1-2,5-6,8,15H2,(H,16,17). The van der Waals surface area contributed by atoms with Gasteiger partial charge in [-0.15, -0.1) is 0 Å². The van der Waals surface area contributed by atoms with Crippen LogP contribution < -0.4 is 5.73 Å². The van der Waals surface area contributed by atoms with Crippen molar-refractivity contribution in [2.24, 2.45) is 5.73 Å². The summed E-state index contributed by atoms with van der Waals surface area (Å²) in [6.45, 7) is 0.667. The second-order valence-electron chi connectivity index (χ2n) is 4.94. The quantitative estimate of drug-likeness (QED) is 0.860. The number of imidazole rings is 1. The second kappa shape index (κ2) is 4.00. The summed E-state index contributed by atoms with van der Waals surface area (Å²) in [7, 11) is 0. The van der Waals surface area contributed by atoms with Crippen LogP contribution in [-0.2, 0) is 5.41 Å². The fourth-order valence-electron chi connectivity index (χ4n) is 2.82. The van der Waals surface area contributed by atoms with Gasteiger partial charge < -0.3 is 10.7 Å². The maximum Gasteiger partial charge on any atom is 0.114 e. The number of nitrogens with two attached hydrogens (primary N) is 1. The molecule has 1 aliphatic rings. The minimum absolute atomic E-state index is 0.0610. The van der Waals surface area contributed by atoms with Crippen LogP contribution >= 0.6 is 11.6 Å². The van der Waals surface area contributed by atoms with E-state index in [9.17, 15) is 0 Å². The normalized spacial score (nSPS) is 18.9. The zero-order chi connectivity index (χ0) is 11.9. The average Bonchev–Trinajstić information content (AvgIpc) is 2.94. The number of rotatable bonds is 2. The van der Waals surface area contributed by atoms with Gasteiger partial charge in [0.15, 0.2) is 0 Å². The van der Waals surface area contributed by atoms with Crippen LogP contribution in [0, 0.1) is 0 Å². The Balaban J connectivity index is 2.11. The molecule has 1 aromatic heterocycles. The van der Waals surface area contributed by atoms with Gasteiger partial charge in [-0.3, -0.25) is 0 Å². The van der Waals surface area contributed by atoms with Crippen molar-refractivity contribution in [1.82, 2.24) is 9.97 Å². The Kier molecular flexibility index (Phi) is 2.60. The zero-order valence-electron chi connectivity index (χ0n) is 9.67. The van der Waals surface area contributed by atoms with E-state index < -0.39 is 0 Å². The summed E-state index contributed by atoms with van der Waals surface area (Å²) < 4.78 is 0. The monoisotopic (exact) mass is 249 g/mol. The predicted molar refractivity (Wildman–Crippen MR) is 70.3 cm³/mol. The highest BCUT2D eigenvalue weighted by Gasteiger charge is 2.37. The molecule has 2 aromatic rings. The number of aromatic nitrogens is 2. The summed E-state index contributed by atoms with van der Waals surface area (Å²) in [6, 6.07) is 5.75. The minimum atomic E-state index is 0.0610. The number of hydrogen-bond donors (Lipinski definition) is 2. The van der Waals surface area contributed by atoms with Crippen LogP contribution in [0.3, 0.4) is 0 Å². The summed E-state index contributed by atoms with van der Waals surface area (Å²) in [5, 5.41) is 0.737. The average molecular weight is 250 g/mol. The number of nitrogens with one attached hydrogen (secondary N) is 1. The van der Waals surface area contributed by atoms with Crippen molar-refractivity contribution >= 4 is 22.6 Å². The van der Waals surface area contributed by atoms with E-state index in [0.717, 1.165) is 34.7 Å². The van der Waals surface area contributed by atoms with Gasteiger partial charge in [-0.05, 0) is 31.0 Å². The van der Waals surface area contributed by atoms with Gasteiger partial charge in [0.2, 0.25) is 0 Å². The second-order valence-corrected chi connectivity index (χ2v) is 5.37. The first-order chi connectivity index (χ1) is 8.23. The number of halogens is 1. The van der Waals surface area contributed by atoms with E-state index in [0.29, 0.717) is 6.54 Å². The van der Waals surface area contributed by atoms with Crippen molar-refractivity contribution in [2.45, 2.75) is 31.1 Å². The van der Waals surface area contributed by atoms with Gasteiger partial charge in [0, 0.05) is 17.0 Å². The SMILES string of the molecule is NCC1(c2nc3ccc(Cl)cc3[nH]2)CCCC1. The van der Waals surface area contributed by atoms with Crippen molar-refractivity contribution in [2.75, 3.05) is 6.54 Å². The Labute approximate surface area is 105 Å². The molecule has 0 atom stereocenters. The lowest BCUT2D eigenvalue weighted by Gasteiger charge is -2.24. The Bertz CT molecular complexity index is 541. The van der Waals surface area contributed by atoms with Crippen molar-refractivity contribution in [3.8, 4) is 0 Å². The van der Waals surface area contributed by atoms with Crippen LogP contribution in [0.1, 0.15) is 31.5 Å². The van der Waals surface area contributed by atoms with Crippen molar-refractivity contribution in [3.05, 3.63) is 29.0 Å². The molecule has 4 heteroatoms. The van der Waals surface area contributed by atoms with Gasteiger partial charge in [0.1, 0.15) is 5.82 Å². The molecule has 1 fully saturated rings. The Hall–Kier alpha value is -1.06. The summed E-state index contributed by atoms with van der Waals surface area (Å²) in [5.74, 6) is 1.04. The molecule has 3 rings (SSSR count). The highest BCUT2D eigenvalue weighted by molar-refractivity contribution is 6.31. The molecule has 1 heterocycles. The van der Waals surface area contributed by atoms with Crippen molar-refractivity contribution in [1.29, 1.82) is 0 Å². The zero-order valence-corrected chi connectivity index (χ0v) is 10.4. The van der Waals surface area contributed by atoms with Crippen LogP contribution in [0.15, 0.2) is 18.2 Å². The molecule has 1 aliphatic carbocycles. The van der Waals surface area contributed by atoms with Crippen LogP contribution in [0.5, 0.6) is 0 Å². The number of fused-ring (bicyclic) bond motifs is 1. The molecular weight excluding hydrogens is 234 g/mol. The van der Waals surface area contributed by atoms with E-state index in [4.69, 9.17) is 17.3 Å². The van der Waals surface area contributed by atoms with E-state index >= 15 is 0 Å². The minimum Gasteiger partial charge on any atom is -0.341 e. The van der Waals surface area contributed by atoms with E-state index in [1.54, 1.807) is 0 Å². The first-order valence-corrected chi connectivity index (χ1v) is 6.47. The molecule has 1 saturated carbocycles. The summed E-state index contributed by atoms with van der Waals surface area (Å²) in [5.41, 5.74) is 8.01. The fraction of sp³-hybridized carbons (Fsp3) is 0.462. The molecule has 3 nitrogen and oxygen atoms in total. The largest absolute Gasteiger partial charge is 0.341 e. The third kappa shape index (κ3) is 1.74. The molecule has 1 aromatic carbocycles. The van der Waals surface area contributed by atoms with Gasteiger partial charge >= 0.3 is 0 Å². The number of aromatic amines is 1. The fourth-order valence-corrected chi connectivity index (χ4v) is 2.99. The van der Waals surface area contributed by atoms with Crippen LogP contribution in [-0.4, -0.2) is 16.5 Å². The van der Waals surface area contributed by atoms with Crippen LogP contribution in [0.2, 0.25) is 5.02 Å². The van der Waals surface area contributed by atoms with E-state index in [1.807, 2.05) is 18.2 Å². The smallest absolute Gasteiger partial charge is 0.114 e. The molecule has 0 unspecified atom stereocenters. The van der Waals surface area contributed by atoms with Gasteiger partial charge in [0.25, 0.3) is 0 Å². The molecular formula is C13H16ClN3. The molecule has 90 valence electrons.